The van der Waals surface area contributed by atoms with Gasteiger partial charge in [-0.1, -0.05) is 30.3 Å². The number of hydrogen-bond acceptors (Lipinski definition) is 10. The molecule has 2 atom stereocenters. The quantitative estimate of drug-likeness (QED) is 0.276. The number of likely N-dealkylation sites (N-methyl/N-ethyl adjacent to an activating group) is 1. The van der Waals surface area contributed by atoms with Crippen molar-refractivity contribution in [3.63, 3.8) is 0 Å². The lowest BCUT2D eigenvalue weighted by Crippen LogP contribution is -2.49. The summed E-state index contributed by atoms with van der Waals surface area (Å²) in [7, 11) is 1.85. The van der Waals surface area contributed by atoms with Gasteiger partial charge in [0, 0.05) is 77.8 Å². The van der Waals surface area contributed by atoms with Crippen LogP contribution < -0.4 is 20.9 Å². The van der Waals surface area contributed by atoms with E-state index >= 15 is 0 Å². The third-order valence-electron chi connectivity index (χ3n) is 13.0. The van der Waals surface area contributed by atoms with E-state index < -0.39 is 5.91 Å². The highest BCUT2D eigenvalue weighted by Gasteiger charge is 2.35. The van der Waals surface area contributed by atoms with Crippen LogP contribution >= 0.6 is 0 Å². The lowest BCUT2D eigenvalue weighted by Gasteiger charge is -2.38. The number of likely N-dealkylation sites (tertiary alicyclic amines) is 1. The van der Waals surface area contributed by atoms with E-state index in [0.717, 1.165) is 114 Å². The fraction of sp³-hybridized carbons (Fsp3) is 0.558. The van der Waals surface area contributed by atoms with Crippen molar-refractivity contribution in [1.82, 2.24) is 35.0 Å². The van der Waals surface area contributed by atoms with Crippen molar-refractivity contribution in [3.05, 3.63) is 76.9 Å². The number of hydrogen-bond donors (Lipinski definition) is 2. The van der Waals surface area contributed by atoms with Gasteiger partial charge < -0.3 is 30.2 Å². The Morgan fingerprint density at radius 2 is 1.58 bits per heavy atom. The lowest BCUT2D eigenvalue weighted by molar-refractivity contribution is -0.136. The van der Waals surface area contributed by atoms with Crippen molar-refractivity contribution >= 4 is 35.4 Å². The van der Waals surface area contributed by atoms with Gasteiger partial charge in [-0.25, -0.2) is 19.7 Å². The maximum Gasteiger partial charge on any atom is 0.320 e. The maximum absolute atomic E-state index is 12.7. The molecule has 0 radical (unpaired) electrons. The summed E-state index contributed by atoms with van der Waals surface area (Å²) in [4.78, 5) is 73.8. The normalized spacial score (nSPS) is 23.0. The molecule has 0 bridgehead atoms. The number of nitrogens with zero attached hydrogens (tertiary/aromatic N) is 8. The number of rotatable bonds is 11. The zero-order valence-corrected chi connectivity index (χ0v) is 33.2. The second-order valence-corrected chi connectivity index (χ2v) is 16.8. The third kappa shape index (κ3) is 9.06. The Hall–Kier alpha value is -5.11. The van der Waals surface area contributed by atoms with Crippen molar-refractivity contribution in [2.45, 2.75) is 76.2 Å². The topological polar surface area (TPSA) is 161 Å². The SMILES string of the molecule is CN1CCN([C@@H]2CCCN(c3cnc(C(N)=O)c(Cc4ccc(C5CCN(CC6CCN(c7ccc(CC8CCC(=O)NC8=O)cn7)CC6)CC5)cc4)n3)C2)C1=O. The fourth-order valence-electron chi connectivity index (χ4n) is 9.52. The number of anilines is 2. The summed E-state index contributed by atoms with van der Waals surface area (Å²) in [6.07, 6.45) is 12.1. The number of pyridine rings is 1. The van der Waals surface area contributed by atoms with E-state index in [4.69, 9.17) is 15.7 Å². The zero-order valence-electron chi connectivity index (χ0n) is 33.2. The largest absolute Gasteiger partial charge is 0.364 e. The second kappa shape index (κ2) is 17.2. The van der Waals surface area contributed by atoms with Crippen molar-refractivity contribution in [3.8, 4) is 0 Å². The van der Waals surface area contributed by atoms with Crippen molar-refractivity contribution in [1.29, 1.82) is 0 Å². The van der Waals surface area contributed by atoms with Crippen LogP contribution in [0.1, 0.15) is 90.2 Å². The van der Waals surface area contributed by atoms with Crippen LogP contribution in [0.2, 0.25) is 0 Å². The highest BCUT2D eigenvalue weighted by atomic mass is 16.2. The highest BCUT2D eigenvalue weighted by molar-refractivity contribution is 5.98. The van der Waals surface area contributed by atoms with E-state index in [1.54, 1.807) is 11.1 Å². The van der Waals surface area contributed by atoms with E-state index in [2.05, 4.69) is 61.4 Å². The average molecular weight is 777 g/mol. The van der Waals surface area contributed by atoms with Crippen molar-refractivity contribution in [2.24, 2.45) is 17.6 Å². The number of benzene rings is 1. The highest BCUT2D eigenvalue weighted by Crippen LogP contribution is 2.31. The zero-order chi connectivity index (χ0) is 39.5. The van der Waals surface area contributed by atoms with Crippen LogP contribution in [-0.2, 0) is 22.4 Å². The molecule has 5 saturated heterocycles. The van der Waals surface area contributed by atoms with Crippen LogP contribution in [0.3, 0.4) is 0 Å². The standard InChI is InChI=1S/C43H56N10O4/c1-49-21-22-53(43(49)57)35-3-2-16-52(28-35)38-26-46-40(41(44)55)36(47-38)24-29-4-7-32(8-5-29)33-14-17-50(18-15-33)27-30-12-19-51(20-13-30)37-10-6-31(25-45-37)23-34-9-11-39(54)48-42(34)56/h4-8,10,25-26,30,33-35H,2-3,9,11-24,27-28H2,1H3,(H2,44,55)(H,48,54,56)/t34?,35-/m1/s1. The first-order chi connectivity index (χ1) is 27.7. The molecule has 57 heavy (non-hydrogen) atoms. The molecule has 0 spiro atoms. The van der Waals surface area contributed by atoms with Crippen LogP contribution in [-0.4, -0.2) is 125 Å². The number of amides is 5. The van der Waals surface area contributed by atoms with Crippen molar-refractivity contribution < 1.29 is 19.2 Å². The van der Waals surface area contributed by atoms with E-state index in [9.17, 15) is 19.2 Å². The molecule has 1 aromatic carbocycles. The van der Waals surface area contributed by atoms with Gasteiger partial charge in [-0.05, 0) is 99.0 Å². The molecule has 14 nitrogen and oxygen atoms in total. The summed E-state index contributed by atoms with van der Waals surface area (Å²) in [6.45, 7) is 8.38. The molecule has 5 aliphatic heterocycles. The summed E-state index contributed by atoms with van der Waals surface area (Å²) in [6, 6.07) is 13.2. The molecule has 5 fully saturated rings. The minimum atomic E-state index is -0.577. The van der Waals surface area contributed by atoms with E-state index in [1.807, 2.05) is 18.1 Å². The number of imide groups is 1. The Morgan fingerprint density at radius 1 is 0.807 bits per heavy atom. The van der Waals surface area contributed by atoms with Crippen LogP contribution in [0.5, 0.6) is 0 Å². The molecule has 8 rings (SSSR count). The van der Waals surface area contributed by atoms with Gasteiger partial charge in [-0.2, -0.15) is 0 Å². The third-order valence-corrected chi connectivity index (χ3v) is 13.0. The number of aromatic nitrogens is 3. The number of urea groups is 1. The van der Waals surface area contributed by atoms with Gasteiger partial charge in [0.1, 0.15) is 17.3 Å². The minimum absolute atomic E-state index is 0.0869. The molecular formula is C43H56N10O4. The molecule has 0 aliphatic carbocycles. The molecule has 14 heteroatoms. The van der Waals surface area contributed by atoms with E-state index in [-0.39, 0.29) is 35.5 Å². The maximum atomic E-state index is 12.7. The van der Waals surface area contributed by atoms with Gasteiger partial charge in [-0.15, -0.1) is 0 Å². The number of primary amides is 1. The monoisotopic (exact) mass is 776 g/mol. The average Bonchev–Trinajstić information content (AvgIpc) is 3.57. The predicted octanol–water partition coefficient (Wildman–Crippen LogP) is 3.59. The Morgan fingerprint density at radius 3 is 2.26 bits per heavy atom. The Labute approximate surface area is 335 Å². The predicted molar refractivity (Wildman–Crippen MR) is 217 cm³/mol. The Balaban J connectivity index is 0.795. The Kier molecular flexibility index (Phi) is 11.7. The van der Waals surface area contributed by atoms with E-state index in [1.165, 1.54) is 5.56 Å². The summed E-state index contributed by atoms with van der Waals surface area (Å²) in [5.41, 5.74) is 10.0. The number of piperidine rings is 4. The molecule has 5 amide bonds. The van der Waals surface area contributed by atoms with Gasteiger partial charge in [0.25, 0.3) is 5.91 Å². The van der Waals surface area contributed by atoms with E-state index in [0.29, 0.717) is 49.8 Å². The molecule has 3 N–H and O–H groups in total. The second-order valence-electron chi connectivity index (χ2n) is 16.8. The molecule has 5 aliphatic rings. The number of nitrogens with two attached hydrogens (primary N) is 1. The molecule has 0 saturated carbocycles. The first-order valence-electron chi connectivity index (χ1n) is 20.9. The molecule has 1 unspecified atom stereocenters. The van der Waals surface area contributed by atoms with Crippen molar-refractivity contribution in [2.75, 3.05) is 75.8 Å². The van der Waals surface area contributed by atoms with Crippen LogP contribution in [0.25, 0.3) is 0 Å². The molecular weight excluding hydrogens is 721 g/mol. The minimum Gasteiger partial charge on any atom is -0.364 e. The number of carbonyl (C=O) groups excluding carboxylic acids is 4. The van der Waals surface area contributed by atoms with Gasteiger partial charge in [0.15, 0.2) is 0 Å². The number of nitrogens with one attached hydrogen (secondary N) is 1. The van der Waals surface area contributed by atoms with Gasteiger partial charge >= 0.3 is 6.03 Å². The summed E-state index contributed by atoms with van der Waals surface area (Å²) in [5, 5.41) is 2.45. The van der Waals surface area contributed by atoms with Crippen LogP contribution in [0.4, 0.5) is 16.4 Å². The molecule has 302 valence electrons. The van der Waals surface area contributed by atoms with Crippen LogP contribution in [0.15, 0.2) is 48.8 Å². The van der Waals surface area contributed by atoms with Gasteiger partial charge in [0.05, 0.1) is 17.9 Å². The molecule has 3 aromatic rings. The lowest BCUT2D eigenvalue weighted by atomic mass is 9.87. The van der Waals surface area contributed by atoms with Gasteiger partial charge in [-0.3, -0.25) is 19.7 Å². The Bertz CT molecular complexity index is 1920. The van der Waals surface area contributed by atoms with Gasteiger partial charge in [0.2, 0.25) is 11.8 Å². The van der Waals surface area contributed by atoms with Crippen LogP contribution in [0, 0.1) is 11.8 Å². The molecule has 2 aromatic heterocycles. The molecule has 7 heterocycles. The summed E-state index contributed by atoms with van der Waals surface area (Å²) >= 11 is 0. The smallest absolute Gasteiger partial charge is 0.320 e. The summed E-state index contributed by atoms with van der Waals surface area (Å²) in [5.74, 6) is 1.85. The first kappa shape index (κ1) is 38.7. The summed E-state index contributed by atoms with van der Waals surface area (Å²) < 4.78 is 0. The number of carbonyl (C=O) groups is 4. The first-order valence-corrected chi connectivity index (χ1v) is 20.9. The fourth-order valence-corrected chi connectivity index (χ4v) is 9.52.